The summed E-state index contributed by atoms with van der Waals surface area (Å²) in [6, 6.07) is 10.1. The van der Waals surface area contributed by atoms with Gasteiger partial charge in [-0.2, -0.15) is 5.10 Å². The summed E-state index contributed by atoms with van der Waals surface area (Å²) in [6.45, 7) is 7.81. The molecule has 0 spiro atoms. The fourth-order valence-electron chi connectivity index (χ4n) is 4.47. The lowest BCUT2D eigenvalue weighted by Crippen LogP contribution is -2.41. The predicted octanol–water partition coefficient (Wildman–Crippen LogP) is 3.76. The van der Waals surface area contributed by atoms with Crippen LogP contribution in [0.5, 0.6) is 0 Å². The van der Waals surface area contributed by atoms with Crippen molar-refractivity contribution in [1.29, 1.82) is 0 Å². The molecule has 8 heteroatoms. The lowest BCUT2D eigenvalue weighted by atomic mass is 10.0. The second kappa shape index (κ2) is 10.0. The van der Waals surface area contributed by atoms with Crippen LogP contribution in [-0.4, -0.2) is 50.6 Å². The van der Waals surface area contributed by atoms with Gasteiger partial charge in [-0.3, -0.25) is 9.59 Å². The highest BCUT2D eigenvalue weighted by molar-refractivity contribution is 6.06. The van der Waals surface area contributed by atoms with Gasteiger partial charge < -0.3 is 15.5 Å². The van der Waals surface area contributed by atoms with E-state index in [1.807, 2.05) is 46.8 Å². The summed E-state index contributed by atoms with van der Waals surface area (Å²) in [4.78, 5) is 31.6. The van der Waals surface area contributed by atoms with E-state index >= 15 is 0 Å². The number of piperidine rings is 1. The van der Waals surface area contributed by atoms with Crippen molar-refractivity contribution in [3.8, 4) is 0 Å². The first-order chi connectivity index (χ1) is 16.0. The second-order valence-electron chi connectivity index (χ2n) is 8.51. The zero-order valence-corrected chi connectivity index (χ0v) is 19.5. The van der Waals surface area contributed by atoms with Gasteiger partial charge in [-0.1, -0.05) is 37.3 Å². The van der Waals surface area contributed by atoms with E-state index in [4.69, 9.17) is 0 Å². The van der Waals surface area contributed by atoms with E-state index in [2.05, 4.69) is 27.6 Å². The molecular formula is C25H32N6O2. The number of aryl methyl sites for hydroxylation is 1. The number of amides is 2. The molecule has 3 aromatic rings. The van der Waals surface area contributed by atoms with E-state index in [9.17, 15) is 9.59 Å². The number of hydrogen-bond acceptors (Lipinski definition) is 5. The molecule has 0 bridgehead atoms. The predicted molar refractivity (Wildman–Crippen MR) is 129 cm³/mol. The van der Waals surface area contributed by atoms with Gasteiger partial charge in [0.05, 0.1) is 28.9 Å². The van der Waals surface area contributed by atoms with Crippen LogP contribution in [-0.2, 0) is 11.3 Å². The third-order valence-electron chi connectivity index (χ3n) is 6.41. The molecule has 33 heavy (non-hydrogen) atoms. The summed E-state index contributed by atoms with van der Waals surface area (Å²) >= 11 is 0. The summed E-state index contributed by atoms with van der Waals surface area (Å²) in [5.74, 6) is -0.0522. The first-order valence-corrected chi connectivity index (χ1v) is 11.7. The van der Waals surface area contributed by atoms with E-state index in [-0.39, 0.29) is 23.9 Å². The molecule has 2 N–H and O–H groups in total. The van der Waals surface area contributed by atoms with Crippen molar-refractivity contribution in [2.75, 3.05) is 18.4 Å². The maximum absolute atomic E-state index is 13.4. The van der Waals surface area contributed by atoms with Gasteiger partial charge in [0, 0.05) is 38.8 Å². The minimum absolute atomic E-state index is 0.0839. The van der Waals surface area contributed by atoms with Gasteiger partial charge in [0.15, 0.2) is 5.65 Å². The summed E-state index contributed by atoms with van der Waals surface area (Å²) in [5, 5.41) is 12.1. The summed E-state index contributed by atoms with van der Waals surface area (Å²) in [7, 11) is 0. The highest BCUT2D eigenvalue weighted by Crippen LogP contribution is 2.29. The Morgan fingerprint density at radius 3 is 2.48 bits per heavy atom. The Morgan fingerprint density at radius 2 is 1.85 bits per heavy atom. The number of nitrogens with one attached hydrogen (secondary N) is 2. The number of aromatic nitrogens is 3. The van der Waals surface area contributed by atoms with Crippen molar-refractivity contribution >= 4 is 28.5 Å². The molecule has 1 aliphatic rings. The quantitative estimate of drug-likeness (QED) is 0.574. The highest BCUT2D eigenvalue weighted by atomic mass is 16.2. The smallest absolute Gasteiger partial charge is 0.255 e. The van der Waals surface area contributed by atoms with E-state index in [1.165, 1.54) is 0 Å². The second-order valence-corrected chi connectivity index (χ2v) is 8.51. The molecule has 1 fully saturated rings. The third-order valence-corrected chi connectivity index (χ3v) is 6.41. The largest absolute Gasteiger partial charge is 0.381 e. The van der Waals surface area contributed by atoms with Gasteiger partial charge in [0.2, 0.25) is 5.91 Å². The maximum Gasteiger partial charge on any atom is 0.255 e. The van der Waals surface area contributed by atoms with Crippen LogP contribution in [0.25, 0.3) is 11.0 Å². The number of likely N-dealkylation sites (tertiary alicyclic amines) is 1. The summed E-state index contributed by atoms with van der Waals surface area (Å²) < 4.78 is 1.83. The van der Waals surface area contributed by atoms with Crippen LogP contribution in [0.3, 0.4) is 0 Å². The van der Waals surface area contributed by atoms with E-state index < -0.39 is 0 Å². The van der Waals surface area contributed by atoms with Crippen LogP contribution in [0.1, 0.15) is 62.0 Å². The number of fused-ring (bicyclic) bond motifs is 1. The average molecular weight is 449 g/mol. The molecule has 1 atom stereocenters. The SMILES string of the molecule is CC[C@@H](NC(=O)c1cnc2c(cnn2CC)c1NC1CCN(C(C)=O)CC1)c1ccccc1. The Bertz CT molecular complexity index is 1120. The van der Waals surface area contributed by atoms with Crippen molar-refractivity contribution in [2.45, 2.75) is 58.7 Å². The number of anilines is 1. The van der Waals surface area contributed by atoms with E-state index in [0.717, 1.165) is 41.5 Å². The molecule has 0 radical (unpaired) electrons. The lowest BCUT2D eigenvalue weighted by molar-refractivity contribution is -0.129. The molecule has 4 rings (SSSR count). The van der Waals surface area contributed by atoms with E-state index in [0.29, 0.717) is 25.2 Å². The fourth-order valence-corrected chi connectivity index (χ4v) is 4.47. The van der Waals surface area contributed by atoms with Crippen molar-refractivity contribution in [3.05, 3.63) is 53.9 Å². The molecule has 1 aliphatic heterocycles. The van der Waals surface area contributed by atoms with Crippen LogP contribution in [0.15, 0.2) is 42.7 Å². The Morgan fingerprint density at radius 1 is 1.12 bits per heavy atom. The van der Waals surface area contributed by atoms with Crippen LogP contribution in [0.2, 0.25) is 0 Å². The van der Waals surface area contributed by atoms with Gasteiger partial charge in [-0.25, -0.2) is 9.67 Å². The number of hydrogen-bond donors (Lipinski definition) is 2. The third kappa shape index (κ3) is 4.84. The molecule has 2 aromatic heterocycles. The minimum Gasteiger partial charge on any atom is -0.381 e. The minimum atomic E-state index is -0.159. The molecular weight excluding hydrogens is 416 g/mol. The van der Waals surface area contributed by atoms with Gasteiger partial charge in [0.1, 0.15) is 0 Å². The zero-order valence-electron chi connectivity index (χ0n) is 19.5. The first-order valence-electron chi connectivity index (χ1n) is 11.7. The van der Waals surface area contributed by atoms with Crippen molar-refractivity contribution in [3.63, 3.8) is 0 Å². The molecule has 1 aromatic carbocycles. The topological polar surface area (TPSA) is 92.2 Å². The molecule has 3 heterocycles. The zero-order chi connectivity index (χ0) is 23.4. The number of benzene rings is 1. The molecule has 174 valence electrons. The monoisotopic (exact) mass is 448 g/mol. The Balaban J connectivity index is 1.63. The normalized spacial score (nSPS) is 15.4. The van der Waals surface area contributed by atoms with Gasteiger partial charge in [0.25, 0.3) is 5.91 Å². The van der Waals surface area contributed by atoms with Crippen LogP contribution in [0, 0.1) is 0 Å². The van der Waals surface area contributed by atoms with Gasteiger partial charge >= 0.3 is 0 Å². The first kappa shape index (κ1) is 22.8. The maximum atomic E-state index is 13.4. The molecule has 0 aliphatic carbocycles. The van der Waals surface area contributed by atoms with Crippen molar-refractivity contribution < 1.29 is 9.59 Å². The van der Waals surface area contributed by atoms with Gasteiger partial charge in [-0.15, -0.1) is 0 Å². The van der Waals surface area contributed by atoms with Crippen molar-refractivity contribution in [2.24, 2.45) is 0 Å². The van der Waals surface area contributed by atoms with Gasteiger partial charge in [-0.05, 0) is 31.7 Å². The van der Waals surface area contributed by atoms with Crippen molar-refractivity contribution in [1.82, 2.24) is 25.0 Å². The molecule has 8 nitrogen and oxygen atoms in total. The number of rotatable bonds is 7. The van der Waals surface area contributed by atoms with Crippen LogP contribution in [0.4, 0.5) is 5.69 Å². The summed E-state index contributed by atoms with van der Waals surface area (Å²) in [5.41, 5.74) is 3.11. The fraction of sp³-hybridized carbons (Fsp3) is 0.440. The standard InChI is InChI=1S/C25H32N6O2/c1-4-22(18-9-7-6-8-10-18)29-25(33)21-15-26-24-20(16-27-31(24)5-2)23(21)28-19-11-13-30(14-12-19)17(3)32/h6-10,15-16,19,22H,4-5,11-14H2,1-3H3,(H,26,28)(H,29,33)/t22-/m1/s1. The molecule has 0 saturated carbocycles. The van der Waals surface area contributed by atoms with E-state index in [1.54, 1.807) is 19.3 Å². The number of nitrogens with zero attached hydrogens (tertiary/aromatic N) is 4. The Kier molecular flexibility index (Phi) is 6.91. The number of carbonyl (C=O) groups is 2. The number of pyridine rings is 1. The molecule has 2 amide bonds. The molecule has 1 saturated heterocycles. The Hall–Kier alpha value is -3.42. The highest BCUT2D eigenvalue weighted by Gasteiger charge is 2.25. The number of carbonyl (C=O) groups excluding carboxylic acids is 2. The molecule has 0 unspecified atom stereocenters. The van der Waals surface area contributed by atoms with Crippen LogP contribution >= 0.6 is 0 Å². The summed E-state index contributed by atoms with van der Waals surface area (Å²) in [6.07, 6.45) is 5.87. The lowest BCUT2D eigenvalue weighted by Gasteiger charge is -2.32. The Labute approximate surface area is 194 Å². The van der Waals surface area contributed by atoms with Crippen LogP contribution < -0.4 is 10.6 Å². The average Bonchev–Trinajstić information content (AvgIpc) is 3.27.